The minimum absolute atomic E-state index is 0.343. The molecule has 0 N–H and O–H groups in total. The smallest absolute Gasteiger partial charge is 0.0684 e. The molecule has 2 saturated carbocycles. The molecule has 84 valence electrons. The average molecular weight is 223 g/mol. The van der Waals surface area contributed by atoms with E-state index in [0.717, 1.165) is 5.92 Å². The van der Waals surface area contributed by atoms with Gasteiger partial charge in [-0.15, -0.1) is 11.8 Å². The predicted molar refractivity (Wildman–Crippen MR) is 67.6 cm³/mol. The molecule has 1 nitrogen and oxygen atoms in total. The lowest BCUT2D eigenvalue weighted by molar-refractivity contribution is -0.0680. The van der Waals surface area contributed by atoms with Gasteiger partial charge in [-0.2, -0.15) is 0 Å². The highest BCUT2D eigenvalue weighted by Crippen LogP contribution is 2.66. The first-order valence-electron chi connectivity index (χ1n) is 6.31. The van der Waals surface area contributed by atoms with Gasteiger partial charge in [0.15, 0.2) is 0 Å². The molecule has 0 aromatic carbocycles. The predicted octanol–water partition coefficient (Wildman–Crippen LogP) is 3.88. The molecule has 1 heterocycles. The number of hydrogen-bond acceptors (Lipinski definition) is 2. The van der Waals surface area contributed by atoms with E-state index in [9.17, 15) is 0 Å². The first-order valence-corrected chi connectivity index (χ1v) is 7.54. The minimum Gasteiger partial charge on any atom is -0.276 e. The van der Waals surface area contributed by atoms with Gasteiger partial charge >= 0.3 is 0 Å². The molecule has 0 radical (unpaired) electrons. The topological polar surface area (TPSA) is 12.4 Å². The molecule has 3 aliphatic rings. The van der Waals surface area contributed by atoms with Crippen molar-refractivity contribution in [2.45, 2.75) is 57.4 Å². The molecular weight excluding hydrogens is 202 g/mol. The summed E-state index contributed by atoms with van der Waals surface area (Å²) in [6.07, 6.45) is 12.3. The number of fused-ring (bicyclic) bond motifs is 2. The molecule has 0 aromatic rings. The third-order valence-electron chi connectivity index (χ3n) is 5.04. The van der Waals surface area contributed by atoms with Crippen molar-refractivity contribution in [3.05, 3.63) is 0 Å². The van der Waals surface area contributed by atoms with E-state index in [4.69, 9.17) is 4.99 Å². The highest BCUT2D eigenvalue weighted by Gasteiger charge is 2.62. The van der Waals surface area contributed by atoms with Crippen LogP contribution in [0.3, 0.4) is 0 Å². The van der Waals surface area contributed by atoms with E-state index in [2.05, 4.69) is 13.2 Å². The van der Waals surface area contributed by atoms with Crippen molar-refractivity contribution in [1.29, 1.82) is 0 Å². The van der Waals surface area contributed by atoms with Crippen LogP contribution in [0.1, 0.15) is 51.9 Å². The summed E-state index contributed by atoms with van der Waals surface area (Å²) in [6.45, 7) is 2.39. The van der Waals surface area contributed by atoms with Gasteiger partial charge in [0, 0.05) is 6.42 Å². The Labute approximate surface area is 97.1 Å². The maximum atomic E-state index is 4.94. The molecule has 0 aromatic heterocycles. The second-order valence-electron chi connectivity index (χ2n) is 5.92. The molecule has 2 heteroatoms. The van der Waals surface area contributed by atoms with Crippen molar-refractivity contribution in [3.63, 3.8) is 0 Å². The molecule has 1 aliphatic heterocycles. The van der Waals surface area contributed by atoms with Crippen molar-refractivity contribution < 1.29 is 0 Å². The third-order valence-corrected chi connectivity index (χ3v) is 5.77. The first kappa shape index (κ1) is 10.2. The van der Waals surface area contributed by atoms with Crippen LogP contribution in [-0.2, 0) is 0 Å². The maximum absolute atomic E-state index is 4.94. The van der Waals surface area contributed by atoms with Crippen molar-refractivity contribution in [3.8, 4) is 0 Å². The van der Waals surface area contributed by atoms with Crippen molar-refractivity contribution in [1.82, 2.24) is 0 Å². The lowest BCUT2D eigenvalue weighted by Crippen LogP contribution is -2.57. The standard InChI is InChI=1S/C13H21NS/c1-12-9-13(6-4-3-5-7-13)10(12)8-11(14-12)15-2/h10H,3-9H2,1-2H3/t10-,12-/m0/s1. The van der Waals surface area contributed by atoms with Gasteiger partial charge in [0.25, 0.3) is 0 Å². The Morgan fingerprint density at radius 3 is 2.67 bits per heavy atom. The van der Waals surface area contributed by atoms with E-state index in [1.54, 1.807) is 0 Å². The third kappa shape index (κ3) is 1.33. The van der Waals surface area contributed by atoms with Crippen LogP contribution in [0, 0.1) is 11.3 Å². The van der Waals surface area contributed by atoms with Crippen LogP contribution < -0.4 is 0 Å². The quantitative estimate of drug-likeness (QED) is 0.607. The fraction of sp³-hybridized carbons (Fsp3) is 0.923. The molecule has 15 heavy (non-hydrogen) atoms. The van der Waals surface area contributed by atoms with E-state index in [1.807, 2.05) is 11.8 Å². The summed E-state index contributed by atoms with van der Waals surface area (Å²) in [6, 6.07) is 0. The molecule has 0 bridgehead atoms. The van der Waals surface area contributed by atoms with Gasteiger partial charge in [0.05, 0.1) is 10.6 Å². The lowest BCUT2D eigenvalue weighted by atomic mass is 9.46. The summed E-state index contributed by atoms with van der Waals surface area (Å²) in [5.74, 6) is 0.896. The number of hydrogen-bond donors (Lipinski definition) is 0. The molecule has 2 fully saturated rings. The molecule has 0 saturated heterocycles. The van der Waals surface area contributed by atoms with Crippen molar-refractivity contribution >= 4 is 16.8 Å². The van der Waals surface area contributed by atoms with E-state index in [-0.39, 0.29) is 0 Å². The molecule has 2 atom stereocenters. The van der Waals surface area contributed by atoms with Gasteiger partial charge in [-0.25, -0.2) is 0 Å². The molecule has 1 spiro atoms. The Kier molecular flexibility index (Phi) is 2.21. The Hall–Kier alpha value is 0.0200. The monoisotopic (exact) mass is 223 g/mol. The summed E-state index contributed by atoms with van der Waals surface area (Å²) in [5.41, 5.74) is 1.06. The van der Waals surface area contributed by atoms with Gasteiger partial charge < -0.3 is 0 Å². The number of nitrogens with zero attached hydrogens (tertiary/aromatic N) is 1. The summed E-state index contributed by atoms with van der Waals surface area (Å²) in [7, 11) is 0. The molecular formula is C13H21NS. The zero-order valence-corrected chi connectivity index (χ0v) is 10.7. The zero-order valence-electron chi connectivity index (χ0n) is 9.88. The Morgan fingerprint density at radius 1 is 1.27 bits per heavy atom. The largest absolute Gasteiger partial charge is 0.276 e. The summed E-state index contributed by atoms with van der Waals surface area (Å²) in [4.78, 5) is 4.94. The second-order valence-corrected chi connectivity index (χ2v) is 6.80. The van der Waals surface area contributed by atoms with Gasteiger partial charge in [0.2, 0.25) is 0 Å². The lowest BCUT2D eigenvalue weighted by Gasteiger charge is -2.59. The van der Waals surface area contributed by atoms with E-state index in [1.165, 1.54) is 50.0 Å². The Morgan fingerprint density at radius 2 is 2.00 bits per heavy atom. The minimum atomic E-state index is 0.343. The molecule has 3 rings (SSSR count). The van der Waals surface area contributed by atoms with Crippen LogP contribution >= 0.6 is 11.8 Å². The molecule has 0 unspecified atom stereocenters. The van der Waals surface area contributed by atoms with Crippen LogP contribution in [-0.4, -0.2) is 16.8 Å². The van der Waals surface area contributed by atoms with Crippen LogP contribution in [0.4, 0.5) is 0 Å². The van der Waals surface area contributed by atoms with Crippen LogP contribution in [0.5, 0.6) is 0 Å². The SMILES string of the molecule is CSC1=N[C@@]2(C)CC3(CCCCC3)[C@H]2C1. The normalized spacial score (nSPS) is 42.3. The Balaban J connectivity index is 1.80. The van der Waals surface area contributed by atoms with Crippen LogP contribution in [0.15, 0.2) is 4.99 Å². The number of aliphatic imine (C=N–C) groups is 1. The van der Waals surface area contributed by atoms with E-state index in [0.29, 0.717) is 11.0 Å². The average Bonchev–Trinajstić information content (AvgIpc) is 2.52. The van der Waals surface area contributed by atoms with Gasteiger partial charge in [0.1, 0.15) is 0 Å². The molecule has 0 amide bonds. The summed E-state index contributed by atoms with van der Waals surface area (Å²) < 4.78 is 0. The van der Waals surface area contributed by atoms with Gasteiger partial charge in [-0.1, -0.05) is 19.3 Å². The van der Waals surface area contributed by atoms with E-state index >= 15 is 0 Å². The number of rotatable bonds is 0. The summed E-state index contributed by atoms with van der Waals surface area (Å²) in [5, 5.41) is 1.42. The summed E-state index contributed by atoms with van der Waals surface area (Å²) >= 11 is 1.88. The van der Waals surface area contributed by atoms with Gasteiger partial charge in [-0.05, 0) is 43.8 Å². The van der Waals surface area contributed by atoms with Crippen LogP contribution in [0.2, 0.25) is 0 Å². The Bertz CT molecular complexity index is 304. The maximum Gasteiger partial charge on any atom is 0.0684 e. The van der Waals surface area contributed by atoms with Gasteiger partial charge in [-0.3, -0.25) is 4.99 Å². The van der Waals surface area contributed by atoms with Crippen molar-refractivity contribution in [2.24, 2.45) is 16.3 Å². The molecule has 2 aliphatic carbocycles. The first-order chi connectivity index (χ1) is 7.19. The van der Waals surface area contributed by atoms with E-state index < -0.39 is 0 Å². The fourth-order valence-electron chi connectivity index (χ4n) is 4.46. The van der Waals surface area contributed by atoms with Crippen LogP contribution in [0.25, 0.3) is 0 Å². The van der Waals surface area contributed by atoms with Crippen molar-refractivity contribution in [2.75, 3.05) is 6.26 Å². The fourth-order valence-corrected chi connectivity index (χ4v) is 5.09. The zero-order chi connectivity index (χ0) is 10.5. The highest BCUT2D eigenvalue weighted by molar-refractivity contribution is 8.13. The number of thioether (sulfide) groups is 1. The highest BCUT2D eigenvalue weighted by atomic mass is 32.2. The second kappa shape index (κ2) is 3.26.